The number of imidazole rings is 1. The fourth-order valence-corrected chi connectivity index (χ4v) is 3.02. The predicted octanol–water partition coefficient (Wildman–Crippen LogP) is 2.95. The van der Waals surface area contributed by atoms with Crippen molar-refractivity contribution in [3.8, 4) is 0 Å². The van der Waals surface area contributed by atoms with E-state index >= 15 is 0 Å². The number of carboxylic acid groups (broad SMARTS) is 1. The Bertz CT molecular complexity index is 575. The van der Waals surface area contributed by atoms with Crippen LogP contribution in [0, 0.1) is 0 Å². The van der Waals surface area contributed by atoms with Gasteiger partial charge in [0.2, 0.25) is 0 Å². The fraction of sp³-hybridized carbons (Fsp3) is 0.500. The summed E-state index contributed by atoms with van der Waals surface area (Å²) in [7, 11) is 0. The third-order valence-electron chi connectivity index (χ3n) is 2.74. The number of hydrogen-bond donors (Lipinski definition) is 1. The predicted molar refractivity (Wildman–Crippen MR) is 68.1 cm³/mol. The number of aryl methyl sites for hydroxylation is 1. The molecular formula is C12H16N2O2S. The van der Waals surface area contributed by atoms with Crippen molar-refractivity contribution in [1.29, 1.82) is 0 Å². The summed E-state index contributed by atoms with van der Waals surface area (Å²) in [6, 6.07) is 0. The molecule has 2 aromatic rings. The van der Waals surface area contributed by atoms with E-state index < -0.39 is 5.97 Å². The maximum absolute atomic E-state index is 11.4. The van der Waals surface area contributed by atoms with Crippen molar-refractivity contribution in [1.82, 2.24) is 9.38 Å². The average molecular weight is 252 g/mol. The number of carboxylic acids is 1. The van der Waals surface area contributed by atoms with E-state index in [4.69, 9.17) is 0 Å². The van der Waals surface area contributed by atoms with E-state index in [0.717, 1.165) is 10.7 Å². The van der Waals surface area contributed by atoms with Gasteiger partial charge < -0.3 is 5.11 Å². The molecule has 0 spiro atoms. The zero-order valence-corrected chi connectivity index (χ0v) is 11.3. The summed E-state index contributed by atoms with van der Waals surface area (Å²) in [4.78, 5) is 16.5. The Balaban J connectivity index is 2.82. The van der Waals surface area contributed by atoms with Crippen molar-refractivity contribution < 1.29 is 9.90 Å². The van der Waals surface area contributed by atoms with Crippen LogP contribution in [0.1, 0.15) is 49.6 Å². The third-order valence-corrected chi connectivity index (χ3v) is 3.57. The van der Waals surface area contributed by atoms with Crippen LogP contribution < -0.4 is 0 Å². The minimum Gasteiger partial charge on any atom is -0.477 e. The molecule has 1 N–H and O–H groups in total. The highest BCUT2D eigenvalue weighted by Gasteiger charge is 2.26. The molecule has 0 saturated heterocycles. The highest BCUT2D eigenvalue weighted by molar-refractivity contribution is 7.15. The standard InChI is InChI=1S/C12H16N2O2S/c1-5-7-9(10(15)16)14-8(12(2,3)4)6-17-11(14)13-7/h6H,5H2,1-4H3,(H,15,16). The van der Waals surface area contributed by atoms with Crippen LogP contribution >= 0.6 is 11.3 Å². The molecule has 0 unspecified atom stereocenters. The van der Waals surface area contributed by atoms with E-state index in [1.807, 2.05) is 12.3 Å². The van der Waals surface area contributed by atoms with Crippen molar-refractivity contribution in [3.63, 3.8) is 0 Å². The van der Waals surface area contributed by atoms with Gasteiger partial charge in [-0.15, -0.1) is 11.3 Å². The molecule has 2 rings (SSSR count). The number of rotatable bonds is 2. The second-order valence-electron chi connectivity index (χ2n) is 5.05. The number of nitrogens with zero attached hydrogens (tertiary/aromatic N) is 2. The lowest BCUT2D eigenvalue weighted by molar-refractivity contribution is 0.0687. The van der Waals surface area contributed by atoms with Gasteiger partial charge in [-0.3, -0.25) is 4.40 Å². The monoisotopic (exact) mass is 252 g/mol. The van der Waals surface area contributed by atoms with E-state index in [1.165, 1.54) is 11.3 Å². The molecule has 4 nitrogen and oxygen atoms in total. The Hall–Kier alpha value is -1.36. The maximum atomic E-state index is 11.4. The van der Waals surface area contributed by atoms with Crippen molar-refractivity contribution in [3.05, 3.63) is 22.5 Å². The molecule has 0 aliphatic rings. The molecule has 0 aliphatic carbocycles. The molecule has 0 radical (unpaired) electrons. The molecule has 0 saturated carbocycles. The van der Waals surface area contributed by atoms with Gasteiger partial charge in [-0.1, -0.05) is 27.7 Å². The molecule has 2 heterocycles. The summed E-state index contributed by atoms with van der Waals surface area (Å²) < 4.78 is 1.78. The fourth-order valence-electron chi connectivity index (χ4n) is 1.88. The van der Waals surface area contributed by atoms with Crippen LogP contribution in [0.3, 0.4) is 0 Å². The topological polar surface area (TPSA) is 54.6 Å². The average Bonchev–Trinajstić information content (AvgIpc) is 2.70. The van der Waals surface area contributed by atoms with Gasteiger partial charge in [0, 0.05) is 16.5 Å². The van der Waals surface area contributed by atoms with Crippen LogP contribution in [-0.2, 0) is 11.8 Å². The second-order valence-corrected chi connectivity index (χ2v) is 5.89. The molecule has 17 heavy (non-hydrogen) atoms. The number of fused-ring (bicyclic) bond motifs is 1. The molecule has 0 atom stereocenters. The van der Waals surface area contributed by atoms with Crippen molar-refractivity contribution in [2.45, 2.75) is 39.5 Å². The highest BCUT2D eigenvalue weighted by atomic mass is 32.1. The minimum atomic E-state index is -0.904. The number of thiazole rings is 1. The second kappa shape index (κ2) is 3.84. The lowest BCUT2D eigenvalue weighted by atomic mass is 9.93. The quantitative estimate of drug-likeness (QED) is 0.894. The molecule has 2 aromatic heterocycles. The Morgan fingerprint density at radius 1 is 1.53 bits per heavy atom. The van der Waals surface area contributed by atoms with Gasteiger partial charge in [-0.2, -0.15) is 0 Å². The Labute approximate surface area is 104 Å². The summed E-state index contributed by atoms with van der Waals surface area (Å²) in [6.07, 6.45) is 0.639. The minimum absolute atomic E-state index is 0.0891. The summed E-state index contributed by atoms with van der Waals surface area (Å²) in [5.74, 6) is -0.904. The van der Waals surface area contributed by atoms with Gasteiger partial charge in [0.1, 0.15) is 0 Å². The van der Waals surface area contributed by atoms with Crippen LogP contribution in [0.15, 0.2) is 5.38 Å². The zero-order chi connectivity index (χ0) is 12.8. The number of hydrogen-bond acceptors (Lipinski definition) is 3. The molecule has 0 amide bonds. The number of carbonyl (C=O) groups is 1. The molecule has 92 valence electrons. The number of aromatic nitrogens is 2. The van der Waals surface area contributed by atoms with Crippen molar-refractivity contribution in [2.24, 2.45) is 0 Å². The normalized spacial score (nSPS) is 12.2. The summed E-state index contributed by atoms with van der Waals surface area (Å²) >= 11 is 1.50. The van der Waals surface area contributed by atoms with Crippen LogP contribution in [0.25, 0.3) is 4.96 Å². The van der Waals surface area contributed by atoms with Gasteiger partial charge in [-0.25, -0.2) is 9.78 Å². The van der Waals surface area contributed by atoms with Gasteiger partial charge in [0.15, 0.2) is 10.7 Å². The SMILES string of the molecule is CCc1nc2scc(C(C)(C)C)n2c1C(=O)O. The van der Waals surface area contributed by atoms with E-state index in [1.54, 1.807) is 4.40 Å². The van der Waals surface area contributed by atoms with E-state index in [2.05, 4.69) is 25.8 Å². The van der Waals surface area contributed by atoms with Gasteiger partial charge in [-0.05, 0) is 6.42 Å². The smallest absolute Gasteiger partial charge is 0.354 e. The van der Waals surface area contributed by atoms with Gasteiger partial charge in [0.25, 0.3) is 0 Å². The summed E-state index contributed by atoms with van der Waals surface area (Å²) in [6.45, 7) is 8.15. The first-order chi connectivity index (χ1) is 7.86. The van der Waals surface area contributed by atoms with E-state index in [0.29, 0.717) is 17.8 Å². The number of aromatic carboxylic acids is 1. The Kier molecular flexibility index (Phi) is 2.73. The summed E-state index contributed by atoms with van der Waals surface area (Å²) in [5, 5.41) is 11.3. The van der Waals surface area contributed by atoms with Crippen LogP contribution in [0.5, 0.6) is 0 Å². The highest BCUT2D eigenvalue weighted by Crippen LogP contribution is 2.30. The van der Waals surface area contributed by atoms with Crippen molar-refractivity contribution in [2.75, 3.05) is 0 Å². The third kappa shape index (κ3) is 1.84. The van der Waals surface area contributed by atoms with Gasteiger partial charge in [0.05, 0.1) is 5.69 Å². The lowest BCUT2D eigenvalue weighted by Gasteiger charge is -2.17. The molecule has 0 aromatic carbocycles. The molecular weight excluding hydrogens is 236 g/mol. The summed E-state index contributed by atoms with van der Waals surface area (Å²) in [5.41, 5.74) is 1.89. The Morgan fingerprint density at radius 2 is 2.18 bits per heavy atom. The lowest BCUT2D eigenvalue weighted by Crippen LogP contribution is -2.17. The largest absolute Gasteiger partial charge is 0.477 e. The zero-order valence-electron chi connectivity index (χ0n) is 10.4. The van der Waals surface area contributed by atoms with Crippen LogP contribution in [-0.4, -0.2) is 20.5 Å². The molecule has 0 fully saturated rings. The first kappa shape index (κ1) is 12.1. The van der Waals surface area contributed by atoms with Gasteiger partial charge >= 0.3 is 5.97 Å². The maximum Gasteiger partial charge on any atom is 0.354 e. The van der Waals surface area contributed by atoms with Crippen molar-refractivity contribution >= 4 is 22.3 Å². The molecule has 5 heteroatoms. The van der Waals surface area contributed by atoms with Crippen LogP contribution in [0.4, 0.5) is 0 Å². The molecule has 0 aliphatic heterocycles. The first-order valence-electron chi connectivity index (χ1n) is 5.58. The van der Waals surface area contributed by atoms with E-state index in [-0.39, 0.29) is 5.41 Å². The molecule has 0 bridgehead atoms. The van der Waals surface area contributed by atoms with Crippen LogP contribution in [0.2, 0.25) is 0 Å². The van der Waals surface area contributed by atoms with E-state index in [9.17, 15) is 9.90 Å². The Morgan fingerprint density at radius 3 is 2.65 bits per heavy atom. The first-order valence-corrected chi connectivity index (χ1v) is 6.46.